The van der Waals surface area contributed by atoms with Crippen molar-refractivity contribution in [2.75, 3.05) is 11.5 Å². The molecular weight excluding hydrogens is 320 g/mol. The Morgan fingerprint density at radius 1 is 1.05 bits per heavy atom. The highest BCUT2D eigenvalue weighted by Gasteiger charge is 2.44. The van der Waals surface area contributed by atoms with Crippen molar-refractivity contribution in [3.63, 3.8) is 0 Å². The van der Waals surface area contributed by atoms with Gasteiger partial charge in [0.05, 0.1) is 22.9 Å². The molecule has 0 N–H and O–H groups in total. The van der Waals surface area contributed by atoms with Gasteiger partial charge in [0.1, 0.15) is 0 Å². The van der Waals surface area contributed by atoms with Gasteiger partial charge < -0.3 is 0 Å². The highest BCUT2D eigenvalue weighted by Crippen LogP contribution is 2.31. The van der Waals surface area contributed by atoms with Crippen LogP contribution in [0.5, 0.6) is 0 Å². The first-order valence-corrected chi connectivity index (χ1v) is 10.2. The van der Waals surface area contributed by atoms with Crippen LogP contribution in [0.1, 0.15) is 19.8 Å². The molecule has 112 valence electrons. The molecule has 2 heterocycles. The van der Waals surface area contributed by atoms with Crippen LogP contribution in [0.4, 0.5) is 0 Å². The maximum Gasteiger partial charge on any atom is 0.284 e. The van der Waals surface area contributed by atoms with Gasteiger partial charge in [-0.15, -0.1) is 3.63 Å². The lowest BCUT2D eigenvalue weighted by atomic mass is 10.0. The Morgan fingerprint density at radius 2 is 1.68 bits per heavy atom. The van der Waals surface area contributed by atoms with Crippen LogP contribution >= 0.6 is 0 Å². The molecule has 0 radical (unpaired) electrons. The van der Waals surface area contributed by atoms with Crippen LogP contribution in [-0.4, -0.2) is 48.1 Å². The van der Waals surface area contributed by atoms with Crippen molar-refractivity contribution in [2.45, 2.75) is 31.1 Å². The number of rotatable bonds is 2. The van der Waals surface area contributed by atoms with Gasteiger partial charge in [-0.05, 0) is 12.8 Å². The molecule has 0 spiro atoms. The second-order valence-electron chi connectivity index (χ2n) is 4.81. The fraction of sp³-hybridized carbons (Fsp3) is 1.00. The summed E-state index contributed by atoms with van der Waals surface area (Å²) in [6, 6.07) is 0. The molecule has 2 saturated heterocycles. The molecule has 2 rings (SSSR count). The molecule has 0 aromatic heterocycles. The molecule has 0 amide bonds. The number of hydrogen-bond donors (Lipinski definition) is 0. The van der Waals surface area contributed by atoms with E-state index in [1.165, 1.54) is 0 Å². The van der Waals surface area contributed by atoms with Crippen LogP contribution in [-0.2, 0) is 38.2 Å². The molecule has 2 aliphatic heterocycles. The van der Waals surface area contributed by atoms with Crippen LogP contribution < -0.4 is 0 Å². The van der Waals surface area contributed by atoms with E-state index in [4.69, 9.17) is 4.18 Å². The Kier molecular flexibility index (Phi) is 3.71. The highest BCUT2D eigenvalue weighted by molar-refractivity contribution is 8.00. The molecule has 0 saturated carbocycles. The van der Waals surface area contributed by atoms with Crippen molar-refractivity contribution < 1.29 is 33.1 Å². The van der Waals surface area contributed by atoms with Gasteiger partial charge in [-0.1, -0.05) is 6.92 Å². The van der Waals surface area contributed by atoms with E-state index < -0.39 is 47.5 Å². The molecule has 3 atom stereocenters. The van der Waals surface area contributed by atoms with Gasteiger partial charge in [-0.25, -0.2) is 0 Å². The molecule has 19 heavy (non-hydrogen) atoms. The molecular formula is C8H14O8S3. The van der Waals surface area contributed by atoms with Crippen molar-refractivity contribution in [1.82, 2.24) is 0 Å². The van der Waals surface area contributed by atoms with Crippen LogP contribution in [0.15, 0.2) is 0 Å². The predicted molar refractivity (Wildman–Crippen MR) is 64.6 cm³/mol. The lowest BCUT2D eigenvalue weighted by molar-refractivity contribution is 0.181. The summed E-state index contributed by atoms with van der Waals surface area (Å²) in [7, 11) is -11.9. The van der Waals surface area contributed by atoms with Crippen molar-refractivity contribution in [2.24, 2.45) is 5.92 Å². The molecule has 0 aromatic carbocycles. The maximum atomic E-state index is 11.6. The van der Waals surface area contributed by atoms with E-state index in [2.05, 4.69) is 3.63 Å². The highest BCUT2D eigenvalue weighted by atomic mass is 32.3. The van der Waals surface area contributed by atoms with E-state index in [1.807, 2.05) is 0 Å². The molecule has 2 aliphatic rings. The Morgan fingerprint density at radius 3 is 2.16 bits per heavy atom. The topological polar surface area (TPSA) is 121 Å². The fourth-order valence-electron chi connectivity index (χ4n) is 2.17. The van der Waals surface area contributed by atoms with Gasteiger partial charge in [-0.2, -0.15) is 25.3 Å². The molecule has 3 unspecified atom stereocenters. The average Bonchev–Trinajstić information content (AvgIpc) is 2.42. The summed E-state index contributed by atoms with van der Waals surface area (Å²) in [4.78, 5) is 0. The molecule has 2 fully saturated rings. The van der Waals surface area contributed by atoms with Crippen LogP contribution in [0.3, 0.4) is 0 Å². The number of hydrogen-bond acceptors (Lipinski definition) is 8. The molecule has 0 aliphatic carbocycles. The summed E-state index contributed by atoms with van der Waals surface area (Å²) in [5.41, 5.74) is 0. The SMILES string of the molecule is CC1CS(=O)(=O)OC1CC1CCS(=O)(=O)OS1(=O)=O. The summed E-state index contributed by atoms with van der Waals surface area (Å²) in [5.74, 6) is -0.896. The average molecular weight is 334 g/mol. The molecule has 11 heteroatoms. The van der Waals surface area contributed by atoms with Gasteiger partial charge in [0.15, 0.2) is 0 Å². The summed E-state index contributed by atoms with van der Waals surface area (Å²) in [6.07, 6.45) is -0.954. The van der Waals surface area contributed by atoms with Gasteiger partial charge in [0.2, 0.25) is 0 Å². The Labute approximate surface area is 112 Å². The van der Waals surface area contributed by atoms with E-state index in [1.54, 1.807) is 6.92 Å². The van der Waals surface area contributed by atoms with E-state index in [0.29, 0.717) is 0 Å². The normalized spacial score (nSPS) is 39.9. The zero-order valence-corrected chi connectivity index (χ0v) is 12.5. The van der Waals surface area contributed by atoms with E-state index in [-0.39, 0.29) is 24.5 Å². The van der Waals surface area contributed by atoms with Crippen molar-refractivity contribution in [3.05, 3.63) is 0 Å². The first kappa shape index (κ1) is 15.2. The molecule has 0 bridgehead atoms. The lowest BCUT2D eigenvalue weighted by Crippen LogP contribution is -2.37. The van der Waals surface area contributed by atoms with Crippen molar-refractivity contribution in [1.29, 1.82) is 0 Å². The minimum absolute atomic E-state index is 0.0851. The second kappa shape index (κ2) is 4.65. The van der Waals surface area contributed by atoms with Crippen LogP contribution in [0.2, 0.25) is 0 Å². The lowest BCUT2D eigenvalue weighted by Gasteiger charge is -2.24. The monoisotopic (exact) mass is 334 g/mol. The van der Waals surface area contributed by atoms with Crippen molar-refractivity contribution >= 4 is 30.4 Å². The summed E-state index contributed by atoms with van der Waals surface area (Å²) < 4.78 is 76.9. The van der Waals surface area contributed by atoms with Crippen LogP contribution in [0, 0.1) is 5.92 Å². The summed E-state index contributed by atoms with van der Waals surface area (Å²) >= 11 is 0. The standard InChI is InChI=1S/C8H14O8S3/c1-6-5-18(11,12)15-8(6)4-7-2-3-17(9,10)16-19(7,13)14/h6-8H,2-5H2,1H3. The third-order valence-corrected chi connectivity index (χ3v) is 8.21. The molecule has 8 nitrogen and oxygen atoms in total. The summed E-state index contributed by atoms with van der Waals surface area (Å²) in [6.45, 7) is 1.64. The fourth-order valence-corrected chi connectivity index (χ4v) is 7.18. The Balaban J connectivity index is 2.13. The van der Waals surface area contributed by atoms with Crippen molar-refractivity contribution in [3.8, 4) is 0 Å². The van der Waals surface area contributed by atoms with Gasteiger partial charge in [0, 0.05) is 5.92 Å². The van der Waals surface area contributed by atoms with E-state index in [9.17, 15) is 25.3 Å². The Hall–Kier alpha value is -0.230. The van der Waals surface area contributed by atoms with Crippen LogP contribution in [0.25, 0.3) is 0 Å². The zero-order chi connectivity index (χ0) is 14.5. The zero-order valence-electron chi connectivity index (χ0n) is 10.1. The second-order valence-corrected chi connectivity index (χ2v) is 10.2. The Bertz CT molecular complexity index is 659. The maximum absolute atomic E-state index is 11.6. The first-order valence-electron chi connectivity index (χ1n) is 5.59. The third kappa shape index (κ3) is 3.45. The third-order valence-electron chi connectivity index (χ3n) is 3.16. The van der Waals surface area contributed by atoms with Gasteiger partial charge >= 0.3 is 0 Å². The minimum atomic E-state index is -4.24. The largest absolute Gasteiger partial charge is 0.284 e. The molecule has 0 aromatic rings. The van der Waals surface area contributed by atoms with Gasteiger partial charge in [0.25, 0.3) is 30.4 Å². The first-order chi connectivity index (χ1) is 8.51. The quantitative estimate of drug-likeness (QED) is 0.601. The minimum Gasteiger partial charge on any atom is -0.266 e. The van der Waals surface area contributed by atoms with E-state index >= 15 is 0 Å². The summed E-state index contributed by atoms with van der Waals surface area (Å²) in [5, 5.41) is -1.06. The smallest absolute Gasteiger partial charge is 0.266 e. The van der Waals surface area contributed by atoms with Gasteiger partial charge in [-0.3, -0.25) is 4.18 Å². The van der Waals surface area contributed by atoms with E-state index in [0.717, 1.165) is 0 Å². The predicted octanol–water partition coefficient (Wildman–Crippen LogP) is -0.810.